The van der Waals surface area contributed by atoms with Gasteiger partial charge in [0.25, 0.3) is 0 Å². The molecule has 1 aromatic heterocycles. The molecule has 22 heavy (non-hydrogen) atoms. The van der Waals surface area contributed by atoms with Crippen LogP contribution in [-0.4, -0.2) is 26.9 Å². The van der Waals surface area contributed by atoms with Crippen molar-refractivity contribution in [2.75, 3.05) is 5.32 Å². The summed E-state index contributed by atoms with van der Waals surface area (Å²) in [6.45, 7) is 2.75. The van der Waals surface area contributed by atoms with Gasteiger partial charge in [0.2, 0.25) is 0 Å². The van der Waals surface area contributed by atoms with Crippen molar-refractivity contribution in [3.63, 3.8) is 0 Å². The first-order valence-electron chi connectivity index (χ1n) is 7.61. The van der Waals surface area contributed by atoms with Crippen molar-refractivity contribution in [2.45, 2.75) is 38.3 Å². The number of benzene rings is 1. The zero-order valence-corrected chi connectivity index (χ0v) is 12.6. The van der Waals surface area contributed by atoms with Crippen LogP contribution in [0.15, 0.2) is 36.7 Å². The molecule has 0 spiro atoms. The van der Waals surface area contributed by atoms with E-state index in [1.807, 2.05) is 25.3 Å². The number of aromatic nitrogens is 2. The second-order valence-corrected chi connectivity index (χ2v) is 6.12. The standard InChI is InChI=1S/C17H19N3O.H2O/c1-11-18-8-9-20(11)10-12-6-7-15-16(17(12)21)13-4-2-3-5-14(13)19-15;/h2-5,8-9,12,15-16,19H,6-7,10H2,1H3;1H2. The van der Waals surface area contributed by atoms with Crippen LogP contribution >= 0.6 is 0 Å². The summed E-state index contributed by atoms with van der Waals surface area (Å²) in [4.78, 5) is 17.2. The maximum atomic E-state index is 12.9. The van der Waals surface area contributed by atoms with Gasteiger partial charge in [-0.05, 0) is 31.4 Å². The van der Waals surface area contributed by atoms with Crippen molar-refractivity contribution in [1.82, 2.24) is 9.55 Å². The van der Waals surface area contributed by atoms with Gasteiger partial charge in [0.05, 0.1) is 5.92 Å². The van der Waals surface area contributed by atoms with E-state index < -0.39 is 0 Å². The molecule has 2 aliphatic rings. The first-order valence-corrected chi connectivity index (χ1v) is 7.61. The van der Waals surface area contributed by atoms with Crippen LogP contribution in [0.5, 0.6) is 0 Å². The molecular formula is C17H21N3O2. The highest BCUT2D eigenvalue weighted by Gasteiger charge is 2.43. The Hall–Kier alpha value is -2.14. The first kappa shape index (κ1) is 14.8. The zero-order valence-electron chi connectivity index (χ0n) is 12.6. The third kappa shape index (κ3) is 2.22. The van der Waals surface area contributed by atoms with E-state index >= 15 is 0 Å². The molecule has 3 unspecified atom stereocenters. The summed E-state index contributed by atoms with van der Waals surface area (Å²) in [6.07, 6.45) is 5.79. The fourth-order valence-corrected chi connectivity index (χ4v) is 3.78. The normalized spacial score (nSPS) is 25.9. The van der Waals surface area contributed by atoms with E-state index in [0.29, 0.717) is 5.78 Å². The molecule has 1 aliphatic heterocycles. The van der Waals surface area contributed by atoms with Crippen LogP contribution in [0.25, 0.3) is 0 Å². The Morgan fingerprint density at radius 3 is 2.91 bits per heavy atom. The number of Topliss-reactive ketones (excluding diaryl/α,β-unsaturated/α-hetero) is 1. The predicted molar refractivity (Wildman–Crippen MR) is 84.9 cm³/mol. The number of carbonyl (C=O) groups excluding carboxylic acids is 1. The second-order valence-electron chi connectivity index (χ2n) is 6.12. The van der Waals surface area contributed by atoms with Crippen molar-refractivity contribution in [2.24, 2.45) is 5.92 Å². The average molecular weight is 299 g/mol. The third-order valence-corrected chi connectivity index (χ3v) is 4.91. The Bertz CT molecular complexity index is 695. The Kier molecular flexibility index (Phi) is 3.74. The van der Waals surface area contributed by atoms with Crippen LogP contribution in [0.1, 0.15) is 30.1 Å². The Morgan fingerprint density at radius 2 is 2.14 bits per heavy atom. The number of imidazole rings is 1. The number of anilines is 1. The van der Waals surface area contributed by atoms with Crippen LogP contribution in [-0.2, 0) is 11.3 Å². The summed E-state index contributed by atoms with van der Waals surface area (Å²) >= 11 is 0. The lowest BCUT2D eigenvalue weighted by Crippen LogP contribution is -2.38. The molecule has 1 aliphatic carbocycles. The lowest BCUT2D eigenvalue weighted by atomic mass is 9.75. The number of hydrogen-bond acceptors (Lipinski definition) is 3. The molecular weight excluding hydrogens is 278 g/mol. The van der Waals surface area contributed by atoms with Crippen LogP contribution in [0.4, 0.5) is 5.69 Å². The van der Waals surface area contributed by atoms with Crippen molar-refractivity contribution in [3.05, 3.63) is 48.0 Å². The third-order valence-electron chi connectivity index (χ3n) is 4.91. The number of para-hydroxylation sites is 1. The monoisotopic (exact) mass is 299 g/mol. The van der Waals surface area contributed by atoms with Crippen LogP contribution in [0.2, 0.25) is 0 Å². The molecule has 5 nitrogen and oxygen atoms in total. The van der Waals surface area contributed by atoms with E-state index in [1.54, 1.807) is 6.20 Å². The smallest absolute Gasteiger partial charge is 0.147 e. The highest BCUT2D eigenvalue weighted by atomic mass is 16.1. The van der Waals surface area contributed by atoms with Crippen molar-refractivity contribution < 1.29 is 10.3 Å². The van der Waals surface area contributed by atoms with Gasteiger partial charge in [-0.1, -0.05) is 18.2 Å². The number of hydrogen-bond donors (Lipinski definition) is 1. The van der Waals surface area contributed by atoms with Crippen molar-refractivity contribution >= 4 is 11.5 Å². The van der Waals surface area contributed by atoms with Gasteiger partial charge in [-0.15, -0.1) is 0 Å². The maximum Gasteiger partial charge on any atom is 0.147 e. The van der Waals surface area contributed by atoms with E-state index in [2.05, 4.69) is 27.0 Å². The van der Waals surface area contributed by atoms with E-state index in [-0.39, 0.29) is 23.4 Å². The molecule has 5 heteroatoms. The summed E-state index contributed by atoms with van der Waals surface area (Å²) in [5.74, 6) is 1.50. The first-order chi connectivity index (χ1) is 10.2. The van der Waals surface area contributed by atoms with Crippen molar-refractivity contribution in [1.29, 1.82) is 0 Å². The fourth-order valence-electron chi connectivity index (χ4n) is 3.78. The molecule has 3 atom stereocenters. The van der Waals surface area contributed by atoms with Crippen LogP contribution in [0, 0.1) is 12.8 Å². The topological polar surface area (TPSA) is 78.4 Å². The number of nitrogens with one attached hydrogen (secondary N) is 1. The number of nitrogens with zero attached hydrogens (tertiary/aromatic N) is 2. The Balaban J connectivity index is 0.00000144. The minimum atomic E-state index is 0. The molecule has 4 rings (SSSR count). The van der Waals surface area contributed by atoms with Gasteiger partial charge < -0.3 is 15.4 Å². The Labute approximate surface area is 129 Å². The van der Waals surface area contributed by atoms with Crippen molar-refractivity contribution in [3.8, 4) is 0 Å². The summed E-state index contributed by atoms with van der Waals surface area (Å²) in [5.41, 5.74) is 2.32. The Morgan fingerprint density at radius 1 is 1.32 bits per heavy atom. The van der Waals surface area contributed by atoms with Gasteiger partial charge >= 0.3 is 0 Å². The summed E-state index contributed by atoms with van der Waals surface area (Å²) < 4.78 is 2.09. The molecule has 0 bridgehead atoms. The van der Waals surface area contributed by atoms with E-state index in [1.165, 1.54) is 5.56 Å². The highest BCUT2D eigenvalue weighted by Crippen LogP contribution is 2.43. The summed E-state index contributed by atoms with van der Waals surface area (Å²) in [6, 6.07) is 8.51. The summed E-state index contributed by atoms with van der Waals surface area (Å²) in [5, 5.41) is 3.52. The SMILES string of the molecule is Cc1nccn1CC1CCC2Nc3ccccc3C2C1=O.O. The number of ketones is 1. The van der Waals surface area contributed by atoms with Gasteiger partial charge in [-0.25, -0.2) is 4.98 Å². The van der Waals surface area contributed by atoms with Gasteiger partial charge in [0, 0.05) is 36.6 Å². The molecule has 3 N–H and O–H groups in total. The van der Waals surface area contributed by atoms with E-state index in [0.717, 1.165) is 30.9 Å². The van der Waals surface area contributed by atoms with Gasteiger partial charge in [0.15, 0.2) is 0 Å². The number of carbonyl (C=O) groups is 1. The molecule has 0 amide bonds. The molecule has 1 saturated carbocycles. The molecule has 2 heterocycles. The molecule has 1 aromatic carbocycles. The molecule has 1 fully saturated rings. The number of rotatable bonds is 2. The number of aryl methyl sites for hydroxylation is 1. The molecule has 0 radical (unpaired) electrons. The predicted octanol–water partition coefficient (Wildman–Crippen LogP) is 1.92. The molecule has 116 valence electrons. The van der Waals surface area contributed by atoms with Gasteiger partial charge in [-0.2, -0.15) is 0 Å². The maximum absolute atomic E-state index is 12.9. The van der Waals surface area contributed by atoms with E-state index in [9.17, 15) is 4.79 Å². The largest absolute Gasteiger partial charge is 0.412 e. The zero-order chi connectivity index (χ0) is 14.4. The lowest BCUT2D eigenvalue weighted by Gasteiger charge is -2.31. The molecule has 0 saturated heterocycles. The minimum absolute atomic E-state index is 0. The minimum Gasteiger partial charge on any atom is -0.412 e. The van der Waals surface area contributed by atoms with Crippen LogP contribution < -0.4 is 5.32 Å². The second kappa shape index (κ2) is 5.57. The average Bonchev–Trinajstić information content (AvgIpc) is 3.06. The lowest BCUT2D eigenvalue weighted by molar-refractivity contribution is -0.126. The van der Waals surface area contributed by atoms with E-state index in [4.69, 9.17) is 0 Å². The number of fused-ring (bicyclic) bond motifs is 3. The van der Waals surface area contributed by atoms with Gasteiger partial charge in [0.1, 0.15) is 11.6 Å². The highest BCUT2D eigenvalue weighted by molar-refractivity contribution is 5.93. The summed E-state index contributed by atoms with van der Waals surface area (Å²) in [7, 11) is 0. The van der Waals surface area contributed by atoms with Gasteiger partial charge in [-0.3, -0.25) is 4.79 Å². The fraction of sp³-hybridized carbons (Fsp3) is 0.412. The quantitative estimate of drug-likeness (QED) is 0.920. The van der Waals surface area contributed by atoms with Crippen LogP contribution in [0.3, 0.4) is 0 Å². The molecule has 2 aromatic rings.